The second-order valence-electron chi connectivity index (χ2n) is 6.04. The van der Waals surface area contributed by atoms with E-state index in [4.69, 9.17) is 11.6 Å². The number of hydrazone groups is 1. The van der Waals surface area contributed by atoms with Crippen LogP contribution < -0.4 is 9.91 Å². The maximum absolute atomic E-state index is 12.0. The monoisotopic (exact) mass is 374 g/mol. The van der Waals surface area contributed by atoms with Gasteiger partial charge >= 0.3 is 0 Å². The van der Waals surface area contributed by atoms with Crippen molar-refractivity contribution < 1.29 is 9.90 Å². The minimum absolute atomic E-state index is 0.143. The van der Waals surface area contributed by atoms with Gasteiger partial charge in [0.15, 0.2) is 0 Å². The number of halogens is 1. The Morgan fingerprint density at radius 1 is 1.12 bits per heavy atom. The predicted molar refractivity (Wildman–Crippen MR) is 108 cm³/mol. The third kappa shape index (κ3) is 4.42. The molecule has 0 unspecified atom stereocenters. The summed E-state index contributed by atoms with van der Waals surface area (Å²) in [4.78, 5) is 12.0. The summed E-state index contributed by atoms with van der Waals surface area (Å²) in [5, 5.41) is 14.8. The molecule has 0 bridgehead atoms. The number of carbonyl (C=O) groups excluding carboxylic acids is 1. The Balaban J connectivity index is 2.11. The van der Waals surface area contributed by atoms with Crippen molar-refractivity contribution in [1.29, 1.82) is 0 Å². The van der Waals surface area contributed by atoms with Gasteiger partial charge in [-0.2, -0.15) is 5.10 Å². The summed E-state index contributed by atoms with van der Waals surface area (Å²) in [6.45, 7) is 9.30. The maximum Gasteiger partial charge on any atom is 0.271 e. The van der Waals surface area contributed by atoms with Gasteiger partial charge in [0.05, 0.1) is 25.8 Å². The molecule has 0 aliphatic heterocycles. The Bertz CT molecular complexity index is 776. The Morgan fingerprint density at radius 2 is 1.73 bits per heavy atom. The number of amides is 1. The van der Waals surface area contributed by atoms with Gasteiger partial charge in [-0.05, 0) is 51.1 Å². The van der Waals surface area contributed by atoms with Crippen LogP contribution in [0.4, 0.5) is 5.69 Å². The van der Waals surface area contributed by atoms with Gasteiger partial charge in [0.25, 0.3) is 5.91 Å². The maximum atomic E-state index is 12.0. The van der Waals surface area contributed by atoms with E-state index in [1.165, 1.54) is 6.21 Å². The molecule has 2 aromatic rings. The normalized spacial score (nSPS) is 11.7. The first-order valence-corrected chi connectivity index (χ1v) is 9.12. The van der Waals surface area contributed by atoms with Crippen molar-refractivity contribution in [2.45, 2.75) is 20.8 Å². The molecule has 2 rings (SSSR count). The van der Waals surface area contributed by atoms with Crippen molar-refractivity contribution in [3.05, 3.63) is 58.6 Å². The Kier molecular flexibility index (Phi) is 6.77. The number of hydrogen-bond acceptors (Lipinski definition) is 3. The molecule has 138 valence electrons. The van der Waals surface area contributed by atoms with Gasteiger partial charge in [-0.15, -0.1) is 0 Å². The van der Waals surface area contributed by atoms with Crippen molar-refractivity contribution in [3.8, 4) is 5.75 Å². The zero-order valence-corrected chi connectivity index (χ0v) is 16.1. The summed E-state index contributed by atoms with van der Waals surface area (Å²) in [6.07, 6.45) is 1.44. The number of hydrogen-bond donors (Lipinski definition) is 2. The van der Waals surface area contributed by atoms with E-state index >= 15 is 0 Å². The van der Waals surface area contributed by atoms with Crippen LogP contribution in [0.25, 0.3) is 0 Å². The average Bonchev–Trinajstić information content (AvgIpc) is 2.65. The van der Waals surface area contributed by atoms with Gasteiger partial charge in [-0.25, -0.2) is 5.43 Å². The summed E-state index contributed by atoms with van der Waals surface area (Å²) < 4.78 is 0.804. The molecule has 2 aromatic carbocycles. The van der Waals surface area contributed by atoms with Gasteiger partial charge in [0, 0.05) is 28.3 Å². The molecule has 5 nitrogen and oxygen atoms in total. The molecule has 0 aliphatic carbocycles. The summed E-state index contributed by atoms with van der Waals surface area (Å²) in [7, 11) is 0. The molecule has 1 amide bonds. The molecule has 0 heterocycles. The Morgan fingerprint density at radius 3 is 2.27 bits per heavy atom. The fourth-order valence-electron chi connectivity index (χ4n) is 2.98. The third-order valence-electron chi connectivity index (χ3n) is 4.85. The molecular weight excluding hydrogens is 350 g/mol. The van der Waals surface area contributed by atoms with Gasteiger partial charge in [-0.1, -0.05) is 11.6 Å². The largest absolute Gasteiger partial charge is 0.507 e. The number of rotatable bonds is 7. The average molecular weight is 375 g/mol. The number of carbonyl (C=O) groups is 1. The lowest BCUT2D eigenvalue weighted by molar-refractivity contribution is 0.0955. The lowest BCUT2D eigenvalue weighted by Crippen LogP contribution is -2.48. The molecule has 0 aromatic heterocycles. The van der Waals surface area contributed by atoms with Crippen LogP contribution in [0.15, 0.2) is 47.6 Å². The number of benzene rings is 2. The minimum Gasteiger partial charge on any atom is -0.507 e. The molecule has 0 aliphatic rings. The van der Waals surface area contributed by atoms with Crippen LogP contribution in [0.2, 0.25) is 5.02 Å². The van der Waals surface area contributed by atoms with Crippen LogP contribution in [0.3, 0.4) is 0 Å². The van der Waals surface area contributed by atoms with Crippen molar-refractivity contribution in [1.82, 2.24) is 9.91 Å². The van der Waals surface area contributed by atoms with Crippen molar-refractivity contribution in [2.75, 3.05) is 19.6 Å². The first kappa shape index (κ1) is 19.9. The van der Waals surface area contributed by atoms with E-state index in [0.29, 0.717) is 16.1 Å². The van der Waals surface area contributed by atoms with Crippen LogP contribution >= 0.6 is 11.6 Å². The fourth-order valence-corrected chi connectivity index (χ4v) is 3.11. The van der Waals surface area contributed by atoms with E-state index in [9.17, 15) is 9.90 Å². The number of phenols is 1. The quantitative estimate of drug-likeness (QED) is 0.434. The summed E-state index contributed by atoms with van der Waals surface area (Å²) in [5.41, 5.74) is 4.52. The van der Waals surface area contributed by atoms with Gasteiger partial charge in [-0.3, -0.25) is 9.28 Å². The molecule has 0 fully saturated rings. The molecule has 0 spiro atoms. The summed E-state index contributed by atoms with van der Waals surface area (Å²) >= 11 is 5.80. The second kappa shape index (κ2) is 8.83. The molecule has 6 heteroatoms. The van der Waals surface area contributed by atoms with Crippen LogP contribution in [0, 0.1) is 0 Å². The highest BCUT2D eigenvalue weighted by Gasteiger charge is 2.25. The molecule has 0 saturated carbocycles. The van der Waals surface area contributed by atoms with E-state index in [1.807, 2.05) is 12.1 Å². The van der Waals surface area contributed by atoms with E-state index < -0.39 is 0 Å². The molecule has 26 heavy (non-hydrogen) atoms. The van der Waals surface area contributed by atoms with Crippen molar-refractivity contribution in [2.24, 2.45) is 5.10 Å². The van der Waals surface area contributed by atoms with E-state index in [1.54, 1.807) is 30.3 Å². The van der Waals surface area contributed by atoms with E-state index in [2.05, 4.69) is 31.3 Å². The van der Waals surface area contributed by atoms with Crippen LogP contribution in [0.5, 0.6) is 5.75 Å². The summed E-state index contributed by atoms with van der Waals surface area (Å²) in [6, 6.07) is 12.1. The number of quaternary nitrogens is 1. The van der Waals surface area contributed by atoms with E-state index in [0.717, 1.165) is 29.8 Å². The van der Waals surface area contributed by atoms with E-state index in [-0.39, 0.29) is 11.7 Å². The number of nitrogens with one attached hydrogen (secondary N) is 1. The molecule has 0 atom stereocenters. The molecule has 2 N–H and O–H groups in total. The number of phenolic OH excluding ortho intramolecular Hbond substituents is 1. The first-order valence-electron chi connectivity index (χ1n) is 8.74. The van der Waals surface area contributed by atoms with Crippen LogP contribution in [-0.4, -0.2) is 36.9 Å². The highest BCUT2D eigenvalue weighted by Crippen LogP contribution is 2.28. The van der Waals surface area contributed by atoms with Crippen molar-refractivity contribution >= 4 is 29.4 Å². The lowest BCUT2D eigenvalue weighted by atomic mass is 10.1. The summed E-state index contributed by atoms with van der Waals surface area (Å²) in [5.74, 6) is -0.197. The molecular formula is C20H25ClN3O2+. The smallest absolute Gasteiger partial charge is 0.271 e. The number of nitrogens with zero attached hydrogens (tertiary/aromatic N) is 2. The standard InChI is InChI=1S/C20H24ClN3O2/c1-4-24(5-2,6-3)18-12-9-16(19(25)13-18)14-22-23-20(26)15-7-10-17(21)11-8-15/h7-14H,4-6H2,1-3H3,(H-,22,23,25,26)/p+1. The molecule has 0 radical (unpaired) electrons. The number of aromatic hydroxyl groups is 1. The first-order chi connectivity index (χ1) is 12.5. The fraction of sp³-hybridized carbons (Fsp3) is 0.300. The molecule has 0 saturated heterocycles. The second-order valence-corrected chi connectivity index (χ2v) is 6.48. The third-order valence-corrected chi connectivity index (χ3v) is 5.11. The van der Waals surface area contributed by atoms with Gasteiger partial charge in [0.2, 0.25) is 0 Å². The Hall–Kier alpha value is -2.37. The van der Waals surface area contributed by atoms with Gasteiger partial charge in [0.1, 0.15) is 11.4 Å². The lowest BCUT2D eigenvalue weighted by Gasteiger charge is -2.35. The highest BCUT2D eigenvalue weighted by atomic mass is 35.5. The highest BCUT2D eigenvalue weighted by molar-refractivity contribution is 6.30. The minimum atomic E-state index is -0.340. The zero-order valence-electron chi connectivity index (χ0n) is 15.4. The van der Waals surface area contributed by atoms with Crippen LogP contribution in [0.1, 0.15) is 36.7 Å². The van der Waals surface area contributed by atoms with Gasteiger partial charge < -0.3 is 5.11 Å². The Labute approximate surface area is 159 Å². The predicted octanol–water partition coefficient (Wildman–Crippen LogP) is 4.18. The van der Waals surface area contributed by atoms with Crippen LogP contribution in [-0.2, 0) is 0 Å². The topological polar surface area (TPSA) is 61.7 Å². The SMILES string of the molecule is CC[N+](CC)(CC)c1ccc(C=NNC(=O)c2ccc(Cl)cc2)c(O)c1. The zero-order chi connectivity index (χ0) is 19.2. The van der Waals surface area contributed by atoms with Crippen molar-refractivity contribution in [3.63, 3.8) is 0 Å².